The number of carbonyl (C=O) groups is 2. The van der Waals surface area contributed by atoms with Gasteiger partial charge < -0.3 is 5.32 Å². The van der Waals surface area contributed by atoms with Gasteiger partial charge in [-0.2, -0.15) is 9.78 Å². The molecule has 0 aliphatic carbocycles. The summed E-state index contributed by atoms with van der Waals surface area (Å²) in [4.78, 5) is 33.6. The number of anilines is 1. The number of sulfone groups is 1. The van der Waals surface area contributed by atoms with E-state index in [0.717, 1.165) is 6.26 Å². The molecule has 0 spiro atoms. The van der Waals surface area contributed by atoms with Crippen LogP contribution in [0.4, 0.5) is 10.1 Å². The second kappa shape index (κ2) is 11.0. The van der Waals surface area contributed by atoms with Crippen LogP contribution in [0.1, 0.15) is 39.4 Å². The van der Waals surface area contributed by atoms with E-state index in [0.29, 0.717) is 28.5 Å². The summed E-state index contributed by atoms with van der Waals surface area (Å²) in [5, 5.41) is 7.01. The summed E-state index contributed by atoms with van der Waals surface area (Å²) >= 11 is 6.01. The zero-order valence-electron chi connectivity index (χ0n) is 20.1. The first kappa shape index (κ1) is 26.8. The predicted molar refractivity (Wildman–Crippen MR) is 141 cm³/mol. The monoisotopic (exact) mass is 553 g/mol. The molecule has 0 bridgehead atoms. The first-order valence-electron chi connectivity index (χ1n) is 11.2. The van der Waals surface area contributed by atoms with Crippen LogP contribution >= 0.6 is 11.6 Å². The Balaban J connectivity index is 1.43. The SMILES string of the molecule is C=C(CCC(=O)c1cc(Cl)cc(S(C)(=O)=O)c1)c1ncnn1-c1ccc(NC(=O)c2ccc(F)cc2)cn1. The average molecular weight is 554 g/mol. The van der Waals surface area contributed by atoms with Gasteiger partial charge in [0.2, 0.25) is 0 Å². The van der Waals surface area contributed by atoms with E-state index in [1.807, 2.05) is 0 Å². The van der Waals surface area contributed by atoms with Crippen molar-refractivity contribution in [3.05, 3.63) is 101 Å². The van der Waals surface area contributed by atoms with Crippen LogP contribution in [0.15, 0.2) is 78.6 Å². The fourth-order valence-corrected chi connectivity index (χ4v) is 4.48. The fraction of sp³-hybridized carbons (Fsp3) is 0.115. The van der Waals surface area contributed by atoms with Crippen molar-refractivity contribution in [2.75, 3.05) is 11.6 Å². The Morgan fingerprint density at radius 2 is 1.76 bits per heavy atom. The number of halogens is 2. The molecular formula is C26H21ClFN5O4S. The second-order valence-corrected chi connectivity index (χ2v) is 10.8. The number of hydrogen-bond acceptors (Lipinski definition) is 7. The first-order chi connectivity index (χ1) is 18.0. The highest BCUT2D eigenvalue weighted by molar-refractivity contribution is 7.90. The highest BCUT2D eigenvalue weighted by Crippen LogP contribution is 2.23. The number of nitrogens with zero attached hydrogens (tertiary/aromatic N) is 4. The van der Waals surface area contributed by atoms with Gasteiger partial charge in [0.25, 0.3) is 5.91 Å². The molecule has 2 aromatic heterocycles. The molecule has 0 atom stereocenters. The summed E-state index contributed by atoms with van der Waals surface area (Å²) in [7, 11) is -3.53. The second-order valence-electron chi connectivity index (χ2n) is 8.34. The first-order valence-corrected chi connectivity index (χ1v) is 13.4. The minimum Gasteiger partial charge on any atom is -0.321 e. The number of carbonyl (C=O) groups excluding carboxylic acids is 2. The smallest absolute Gasteiger partial charge is 0.255 e. The molecule has 9 nitrogen and oxygen atoms in total. The van der Waals surface area contributed by atoms with Crippen LogP contribution in [-0.4, -0.2) is 46.1 Å². The van der Waals surface area contributed by atoms with Crippen molar-refractivity contribution in [2.24, 2.45) is 0 Å². The van der Waals surface area contributed by atoms with Crippen molar-refractivity contribution >= 4 is 44.4 Å². The van der Waals surface area contributed by atoms with Crippen LogP contribution in [-0.2, 0) is 9.84 Å². The van der Waals surface area contributed by atoms with Gasteiger partial charge >= 0.3 is 0 Å². The Hall–Kier alpha value is -4.22. The van der Waals surface area contributed by atoms with Gasteiger partial charge in [0.05, 0.1) is 16.8 Å². The number of pyridine rings is 1. The van der Waals surface area contributed by atoms with E-state index in [-0.39, 0.29) is 34.1 Å². The van der Waals surface area contributed by atoms with E-state index in [1.165, 1.54) is 59.7 Å². The molecule has 2 heterocycles. The predicted octanol–water partition coefficient (Wildman–Crippen LogP) is 4.79. The third kappa shape index (κ3) is 6.36. The maximum absolute atomic E-state index is 13.1. The molecule has 4 rings (SSSR count). The van der Waals surface area contributed by atoms with Crippen molar-refractivity contribution in [1.29, 1.82) is 0 Å². The lowest BCUT2D eigenvalue weighted by Crippen LogP contribution is -2.12. The molecule has 0 saturated carbocycles. The molecule has 0 saturated heterocycles. The van der Waals surface area contributed by atoms with Crippen molar-refractivity contribution in [3.8, 4) is 5.82 Å². The zero-order chi connectivity index (χ0) is 27.4. The number of Topliss-reactive ketones (excluding diaryl/α,β-unsaturated/α-hetero) is 1. The lowest BCUT2D eigenvalue weighted by molar-refractivity contribution is 0.0982. The van der Waals surface area contributed by atoms with Crippen LogP contribution in [0.25, 0.3) is 11.4 Å². The van der Waals surface area contributed by atoms with Crippen molar-refractivity contribution in [1.82, 2.24) is 19.7 Å². The van der Waals surface area contributed by atoms with Crippen LogP contribution in [0.2, 0.25) is 5.02 Å². The molecule has 1 amide bonds. The molecule has 0 radical (unpaired) electrons. The van der Waals surface area contributed by atoms with Gasteiger partial charge in [0.1, 0.15) is 12.1 Å². The molecular weight excluding hydrogens is 533 g/mol. The summed E-state index contributed by atoms with van der Waals surface area (Å²) in [5.74, 6) is -0.368. The summed E-state index contributed by atoms with van der Waals surface area (Å²) in [5.41, 5.74) is 1.41. The summed E-state index contributed by atoms with van der Waals surface area (Å²) in [6.07, 6.45) is 4.07. The molecule has 194 valence electrons. The van der Waals surface area contributed by atoms with Crippen LogP contribution in [0.3, 0.4) is 0 Å². The van der Waals surface area contributed by atoms with Crippen LogP contribution in [0.5, 0.6) is 0 Å². The standard InChI is InChI=1S/C26H21ClFN5O4S/c1-16(3-9-23(34)18-11-19(27)13-22(12-18)38(2,36)37)25-30-15-31-33(25)24-10-8-21(14-29-24)32-26(35)17-4-6-20(28)7-5-17/h4-8,10-15H,1,3,9H2,2H3,(H,32,35). The molecule has 12 heteroatoms. The van der Waals surface area contributed by atoms with Crippen molar-refractivity contribution in [2.45, 2.75) is 17.7 Å². The van der Waals surface area contributed by atoms with Gasteiger partial charge in [-0.1, -0.05) is 18.2 Å². The lowest BCUT2D eigenvalue weighted by atomic mass is 10.0. The number of allylic oxidation sites excluding steroid dienone is 1. The van der Waals surface area contributed by atoms with Crippen LogP contribution < -0.4 is 5.32 Å². The molecule has 4 aromatic rings. The molecule has 0 aliphatic heterocycles. The number of amides is 1. The van der Waals surface area contributed by atoms with E-state index in [2.05, 4.69) is 27.0 Å². The number of rotatable bonds is 9. The number of ketones is 1. The van der Waals surface area contributed by atoms with Gasteiger partial charge in [-0.3, -0.25) is 9.59 Å². The van der Waals surface area contributed by atoms with Crippen molar-refractivity contribution < 1.29 is 22.4 Å². The van der Waals surface area contributed by atoms with Gasteiger partial charge in [-0.05, 0) is 66.6 Å². The Bertz CT molecular complexity index is 1640. The van der Waals surface area contributed by atoms with Crippen molar-refractivity contribution in [3.63, 3.8) is 0 Å². The van der Waals surface area contributed by atoms with E-state index < -0.39 is 21.6 Å². The fourth-order valence-electron chi connectivity index (χ4n) is 3.50. The maximum Gasteiger partial charge on any atom is 0.255 e. The Morgan fingerprint density at radius 3 is 2.42 bits per heavy atom. The Kier molecular flexibility index (Phi) is 7.79. The zero-order valence-corrected chi connectivity index (χ0v) is 21.6. The molecule has 2 aromatic carbocycles. The van der Waals surface area contributed by atoms with Gasteiger partial charge in [-0.15, -0.1) is 0 Å². The van der Waals surface area contributed by atoms with Gasteiger partial charge in [0.15, 0.2) is 27.3 Å². The number of aromatic nitrogens is 4. The highest BCUT2D eigenvalue weighted by atomic mass is 35.5. The topological polar surface area (TPSA) is 124 Å². The minimum atomic E-state index is -3.53. The number of benzene rings is 2. The third-order valence-corrected chi connectivity index (χ3v) is 6.78. The molecule has 0 aliphatic rings. The number of hydrogen-bond donors (Lipinski definition) is 1. The summed E-state index contributed by atoms with van der Waals surface area (Å²) < 4.78 is 38.2. The van der Waals surface area contributed by atoms with E-state index in [9.17, 15) is 22.4 Å². The third-order valence-electron chi connectivity index (χ3n) is 5.47. The van der Waals surface area contributed by atoms with Gasteiger partial charge in [0, 0.05) is 28.8 Å². The molecule has 38 heavy (non-hydrogen) atoms. The molecule has 1 N–H and O–H groups in total. The maximum atomic E-state index is 13.1. The van der Waals surface area contributed by atoms with E-state index >= 15 is 0 Å². The lowest BCUT2D eigenvalue weighted by Gasteiger charge is -2.10. The number of nitrogens with one attached hydrogen (secondary N) is 1. The minimum absolute atomic E-state index is 0.0321. The normalized spacial score (nSPS) is 11.2. The summed E-state index contributed by atoms with van der Waals surface area (Å²) in [6.45, 7) is 4.01. The quantitative estimate of drug-likeness (QED) is 0.296. The summed E-state index contributed by atoms with van der Waals surface area (Å²) in [6, 6.07) is 12.4. The van der Waals surface area contributed by atoms with Crippen LogP contribution in [0, 0.1) is 5.82 Å². The van der Waals surface area contributed by atoms with E-state index in [1.54, 1.807) is 12.1 Å². The average Bonchev–Trinajstić information content (AvgIpc) is 3.37. The Labute approximate surface area is 222 Å². The highest BCUT2D eigenvalue weighted by Gasteiger charge is 2.17. The Morgan fingerprint density at radius 1 is 1.03 bits per heavy atom. The van der Waals surface area contributed by atoms with E-state index in [4.69, 9.17) is 11.6 Å². The molecule has 0 unspecified atom stereocenters. The largest absolute Gasteiger partial charge is 0.321 e. The molecule has 0 fully saturated rings. The van der Waals surface area contributed by atoms with Gasteiger partial charge in [-0.25, -0.2) is 22.8 Å².